The second-order valence-corrected chi connectivity index (χ2v) is 5.90. The molecule has 1 unspecified atom stereocenters. The van der Waals surface area contributed by atoms with Crippen LogP contribution in [0.4, 0.5) is 5.69 Å². The van der Waals surface area contributed by atoms with Crippen molar-refractivity contribution in [1.82, 2.24) is 0 Å². The number of aromatic hydroxyl groups is 1. The highest BCUT2D eigenvalue weighted by atomic mass is 79.9. The van der Waals surface area contributed by atoms with Gasteiger partial charge in [0.1, 0.15) is 5.75 Å². The van der Waals surface area contributed by atoms with Crippen molar-refractivity contribution in [1.29, 1.82) is 0 Å². The van der Waals surface area contributed by atoms with E-state index < -0.39 is 0 Å². The standard InChI is InChI=1S/C15H23BrN2O2/c1-2-3-11(8-9-17)4-7-15(20)18-13-10-12(16)5-6-14(13)19/h5-6,10-11,19H,2-4,7-9,17H2,1H3,(H,18,20). The molecule has 0 fully saturated rings. The number of carbonyl (C=O) groups is 1. The Hall–Kier alpha value is -1.07. The molecule has 112 valence electrons. The highest BCUT2D eigenvalue weighted by Gasteiger charge is 2.11. The van der Waals surface area contributed by atoms with E-state index in [9.17, 15) is 9.90 Å². The summed E-state index contributed by atoms with van der Waals surface area (Å²) in [5.41, 5.74) is 6.03. The van der Waals surface area contributed by atoms with E-state index in [0.717, 1.165) is 30.2 Å². The molecule has 1 atom stereocenters. The van der Waals surface area contributed by atoms with Gasteiger partial charge in [-0.2, -0.15) is 0 Å². The predicted molar refractivity (Wildman–Crippen MR) is 85.7 cm³/mol. The fourth-order valence-electron chi connectivity index (χ4n) is 2.23. The lowest BCUT2D eigenvalue weighted by Crippen LogP contribution is -2.15. The Morgan fingerprint density at radius 2 is 2.15 bits per heavy atom. The van der Waals surface area contributed by atoms with Crippen LogP contribution in [0.15, 0.2) is 22.7 Å². The quantitative estimate of drug-likeness (QED) is 0.631. The molecule has 4 nitrogen and oxygen atoms in total. The summed E-state index contributed by atoms with van der Waals surface area (Å²) in [6.07, 6.45) is 4.47. The van der Waals surface area contributed by atoms with Gasteiger partial charge in [-0.3, -0.25) is 4.79 Å². The molecule has 1 amide bonds. The Kier molecular flexibility index (Phi) is 7.62. The van der Waals surface area contributed by atoms with E-state index >= 15 is 0 Å². The number of benzene rings is 1. The van der Waals surface area contributed by atoms with E-state index in [4.69, 9.17) is 5.73 Å². The molecule has 4 N–H and O–H groups in total. The molecule has 0 bridgehead atoms. The number of rotatable bonds is 8. The second kappa shape index (κ2) is 8.97. The van der Waals surface area contributed by atoms with Crippen LogP contribution in [0.2, 0.25) is 0 Å². The SMILES string of the molecule is CCCC(CCN)CCC(=O)Nc1cc(Br)ccc1O. The molecule has 5 heteroatoms. The van der Waals surface area contributed by atoms with Crippen molar-refractivity contribution >= 4 is 27.5 Å². The smallest absolute Gasteiger partial charge is 0.224 e. The maximum atomic E-state index is 11.9. The molecule has 1 aromatic rings. The van der Waals surface area contributed by atoms with Crippen LogP contribution in [0.5, 0.6) is 5.75 Å². The zero-order chi connectivity index (χ0) is 15.0. The number of nitrogens with one attached hydrogen (secondary N) is 1. The Balaban J connectivity index is 2.48. The highest BCUT2D eigenvalue weighted by molar-refractivity contribution is 9.10. The van der Waals surface area contributed by atoms with Crippen molar-refractivity contribution in [3.8, 4) is 5.75 Å². The maximum absolute atomic E-state index is 11.9. The first kappa shape index (κ1) is 17.0. The summed E-state index contributed by atoms with van der Waals surface area (Å²) in [4.78, 5) is 11.9. The number of hydrogen-bond donors (Lipinski definition) is 3. The molecule has 0 aliphatic rings. The van der Waals surface area contributed by atoms with E-state index in [2.05, 4.69) is 28.2 Å². The molecular weight excluding hydrogens is 320 g/mol. The van der Waals surface area contributed by atoms with Crippen LogP contribution >= 0.6 is 15.9 Å². The van der Waals surface area contributed by atoms with Crippen LogP contribution in [-0.4, -0.2) is 17.6 Å². The fourth-order valence-corrected chi connectivity index (χ4v) is 2.59. The third kappa shape index (κ3) is 5.92. The molecule has 1 aromatic carbocycles. The van der Waals surface area contributed by atoms with E-state index in [0.29, 0.717) is 24.6 Å². The molecule has 0 aliphatic carbocycles. The fraction of sp³-hybridized carbons (Fsp3) is 0.533. The summed E-state index contributed by atoms with van der Waals surface area (Å²) in [7, 11) is 0. The van der Waals surface area contributed by atoms with Crippen LogP contribution in [0.1, 0.15) is 39.0 Å². The predicted octanol–water partition coefficient (Wildman–Crippen LogP) is 3.64. The Bertz CT molecular complexity index is 432. The molecule has 20 heavy (non-hydrogen) atoms. The Labute approximate surface area is 128 Å². The molecule has 0 aliphatic heterocycles. The summed E-state index contributed by atoms with van der Waals surface area (Å²) in [5.74, 6) is 0.511. The van der Waals surface area contributed by atoms with Crippen LogP contribution in [-0.2, 0) is 4.79 Å². The maximum Gasteiger partial charge on any atom is 0.224 e. The van der Waals surface area contributed by atoms with Gasteiger partial charge in [0.2, 0.25) is 5.91 Å². The van der Waals surface area contributed by atoms with Crippen LogP contribution in [0.25, 0.3) is 0 Å². The van der Waals surface area contributed by atoms with Gasteiger partial charge in [0, 0.05) is 10.9 Å². The lowest BCUT2D eigenvalue weighted by atomic mass is 9.94. The van der Waals surface area contributed by atoms with E-state index in [1.165, 1.54) is 0 Å². The van der Waals surface area contributed by atoms with Gasteiger partial charge in [-0.15, -0.1) is 0 Å². The Morgan fingerprint density at radius 1 is 1.40 bits per heavy atom. The molecule has 0 spiro atoms. The molecule has 1 rings (SSSR count). The third-order valence-electron chi connectivity index (χ3n) is 3.28. The molecule has 0 heterocycles. The van der Waals surface area contributed by atoms with Crippen molar-refractivity contribution < 1.29 is 9.90 Å². The summed E-state index contributed by atoms with van der Waals surface area (Å²) in [6.45, 7) is 2.81. The second-order valence-electron chi connectivity index (χ2n) is 4.98. The van der Waals surface area contributed by atoms with Crippen molar-refractivity contribution in [2.45, 2.75) is 39.0 Å². The molecule has 0 radical (unpaired) electrons. The summed E-state index contributed by atoms with van der Waals surface area (Å²) < 4.78 is 0.817. The van der Waals surface area contributed by atoms with Gasteiger partial charge in [0.05, 0.1) is 5.69 Å². The number of amides is 1. The van der Waals surface area contributed by atoms with Gasteiger partial charge in [-0.05, 0) is 43.5 Å². The largest absolute Gasteiger partial charge is 0.506 e. The van der Waals surface area contributed by atoms with Crippen LogP contribution in [0, 0.1) is 5.92 Å². The first-order valence-electron chi connectivity index (χ1n) is 7.05. The van der Waals surface area contributed by atoms with E-state index in [-0.39, 0.29) is 11.7 Å². The van der Waals surface area contributed by atoms with Gasteiger partial charge in [-0.1, -0.05) is 35.7 Å². The van der Waals surface area contributed by atoms with Crippen molar-refractivity contribution in [3.05, 3.63) is 22.7 Å². The first-order chi connectivity index (χ1) is 9.56. The van der Waals surface area contributed by atoms with Gasteiger partial charge in [0.25, 0.3) is 0 Å². The number of halogens is 1. The normalized spacial score (nSPS) is 12.2. The molecular formula is C15H23BrN2O2. The minimum Gasteiger partial charge on any atom is -0.506 e. The Morgan fingerprint density at radius 3 is 2.80 bits per heavy atom. The third-order valence-corrected chi connectivity index (χ3v) is 3.78. The molecule has 0 aromatic heterocycles. The summed E-state index contributed by atoms with van der Waals surface area (Å²) in [6, 6.07) is 4.97. The first-order valence-corrected chi connectivity index (χ1v) is 7.84. The van der Waals surface area contributed by atoms with Crippen molar-refractivity contribution in [2.75, 3.05) is 11.9 Å². The van der Waals surface area contributed by atoms with Gasteiger partial charge in [-0.25, -0.2) is 0 Å². The lowest BCUT2D eigenvalue weighted by molar-refractivity contribution is -0.116. The summed E-state index contributed by atoms with van der Waals surface area (Å²) >= 11 is 3.31. The van der Waals surface area contributed by atoms with Crippen LogP contribution in [0.3, 0.4) is 0 Å². The van der Waals surface area contributed by atoms with Crippen molar-refractivity contribution in [2.24, 2.45) is 11.7 Å². The topological polar surface area (TPSA) is 75.4 Å². The lowest BCUT2D eigenvalue weighted by Gasteiger charge is -2.15. The van der Waals surface area contributed by atoms with E-state index in [1.54, 1.807) is 18.2 Å². The van der Waals surface area contributed by atoms with Crippen LogP contribution < -0.4 is 11.1 Å². The monoisotopic (exact) mass is 342 g/mol. The van der Waals surface area contributed by atoms with Crippen molar-refractivity contribution in [3.63, 3.8) is 0 Å². The minimum absolute atomic E-state index is 0.0727. The van der Waals surface area contributed by atoms with Gasteiger partial charge in [0.15, 0.2) is 0 Å². The number of nitrogens with two attached hydrogens (primary N) is 1. The number of carbonyl (C=O) groups excluding carboxylic acids is 1. The highest BCUT2D eigenvalue weighted by Crippen LogP contribution is 2.27. The van der Waals surface area contributed by atoms with E-state index in [1.807, 2.05) is 0 Å². The molecule has 0 saturated heterocycles. The number of anilines is 1. The molecule has 0 saturated carbocycles. The zero-order valence-corrected chi connectivity index (χ0v) is 13.4. The minimum atomic E-state index is -0.0727. The average molecular weight is 343 g/mol. The number of phenolic OH excluding ortho intramolecular Hbond substituents is 1. The average Bonchev–Trinajstić information content (AvgIpc) is 2.41. The van der Waals surface area contributed by atoms with Gasteiger partial charge >= 0.3 is 0 Å². The zero-order valence-electron chi connectivity index (χ0n) is 11.9. The number of hydrogen-bond acceptors (Lipinski definition) is 3. The van der Waals surface area contributed by atoms with Gasteiger partial charge < -0.3 is 16.2 Å². The number of phenols is 1. The summed E-state index contributed by atoms with van der Waals surface area (Å²) in [5, 5.41) is 12.4.